The third-order valence-corrected chi connectivity index (χ3v) is 5.51. The van der Waals surface area contributed by atoms with Crippen molar-refractivity contribution in [1.29, 1.82) is 0 Å². The van der Waals surface area contributed by atoms with Gasteiger partial charge in [0.25, 0.3) is 5.91 Å². The Balaban J connectivity index is 1.41. The van der Waals surface area contributed by atoms with E-state index in [-0.39, 0.29) is 5.91 Å². The van der Waals surface area contributed by atoms with Gasteiger partial charge in [-0.3, -0.25) is 9.69 Å². The van der Waals surface area contributed by atoms with Crippen molar-refractivity contribution in [3.05, 3.63) is 59.4 Å². The van der Waals surface area contributed by atoms with Crippen LogP contribution in [0.25, 0.3) is 0 Å². The van der Waals surface area contributed by atoms with E-state index in [9.17, 15) is 9.90 Å². The SMILES string of the molecule is Cn1cccc1C(=O)N1CC[C@@](O)(CN2CCc3ccccc3C2)C1. The van der Waals surface area contributed by atoms with Crippen molar-refractivity contribution in [2.45, 2.75) is 25.0 Å². The molecule has 0 saturated carbocycles. The molecule has 2 aliphatic heterocycles. The molecule has 1 amide bonds. The first-order valence-electron chi connectivity index (χ1n) is 8.96. The number of hydrogen-bond donors (Lipinski definition) is 1. The molecule has 2 aliphatic rings. The molecule has 0 spiro atoms. The van der Waals surface area contributed by atoms with E-state index in [4.69, 9.17) is 0 Å². The van der Waals surface area contributed by atoms with E-state index >= 15 is 0 Å². The van der Waals surface area contributed by atoms with Crippen LogP contribution in [0.2, 0.25) is 0 Å². The standard InChI is InChI=1S/C20H25N3O2/c1-21-10-4-7-18(21)19(24)23-12-9-20(25,15-23)14-22-11-8-16-5-2-3-6-17(16)13-22/h2-7,10,25H,8-9,11-15H2,1H3/t20-/m1/s1. The highest BCUT2D eigenvalue weighted by molar-refractivity contribution is 5.93. The van der Waals surface area contributed by atoms with Gasteiger partial charge in [-0.2, -0.15) is 0 Å². The fraction of sp³-hybridized carbons (Fsp3) is 0.450. The molecular weight excluding hydrogens is 314 g/mol. The summed E-state index contributed by atoms with van der Waals surface area (Å²) in [4.78, 5) is 16.8. The van der Waals surface area contributed by atoms with Gasteiger partial charge in [-0.15, -0.1) is 0 Å². The summed E-state index contributed by atoms with van der Waals surface area (Å²) >= 11 is 0. The molecule has 132 valence electrons. The Labute approximate surface area is 148 Å². The molecule has 1 N–H and O–H groups in total. The minimum atomic E-state index is -0.812. The Bertz CT molecular complexity index is 785. The summed E-state index contributed by atoms with van der Waals surface area (Å²) < 4.78 is 1.83. The van der Waals surface area contributed by atoms with Crippen LogP contribution in [-0.2, 0) is 20.0 Å². The van der Waals surface area contributed by atoms with E-state index in [2.05, 4.69) is 29.2 Å². The lowest BCUT2D eigenvalue weighted by Gasteiger charge is -2.34. The Morgan fingerprint density at radius 1 is 1.16 bits per heavy atom. The van der Waals surface area contributed by atoms with Gasteiger partial charge in [-0.25, -0.2) is 0 Å². The van der Waals surface area contributed by atoms with Gasteiger partial charge in [0.15, 0.2) is 0 Å². The largest absolute Gasteiger partial charge is 0.387 e. The Morgan fingerprint density at radius 2 is 1.96 bits per heavy atom. The monoisotopic (exact) mass is 339 g/mol. The Kier molecular flexibility index (Phi) is 4.13. The summed E-state index contributed by atoms with van der Waals surface area (Å²) in [5.41, 5.74) is 2.63. The van der Waals surface area contributed by atoms with Crippen molar-refractivity contribution in [1.82, 2.24) is 14.4 Å². The number of carbonyl (C=O) groups is 1. The lowest BCUT2D eigenvalue weighted by atomic mass is 9.97. The van der Waals surface area contributed by atoms with Gasteiger partial charge in [0.05, 0.1) is 12.1 Å². The van der Waals surface area contributed by atoms with Crippen molar-refractivity contribution in [2.24, 2.45) is 7.05 Å². The predicted octanol–water partition coefficient (Wildman–Crippen LogP) is 1.66. The highest BCUT2D eigenvalue weighted by atomic mass is 16.3. The normalized spacial score (nSPS) is 23.7. The van der Waals surface area contributed by atoms with E-state index in [1.807, 2.05) is 29.9 Å². The van der Waals surface area contributed by atoms with Gasteiger partial charge < -0.3 is 14.6 Å². The Morgan fingerprint density at radius 3 is 2.72 bits per heavy atom. The van der Waals surface area contributed by atoms with E-state index in [0.29, 0.717) is 31.7 Å². The molecule has 0 bridgehead atoms. The smallest absolute Gasteiger partial charge is 0.270 e. The number of carbonyl (C=O) groups excluding carboxylic acids is 1. The van der Waals surface area contributed by atoms with Crippen molar-refractivity contribution in [2.75, 3.05) is 26.2 Å². The molecule has 4 rings (SSSR count). The summed E-state index contributed by atoms with van der Waals surface area (Å²) in [6.45, 7) is 3.49. The van der Waals surface area contributed by atoms with Gasteiger partial charge in [-0.1, -0.05) is 24.3 Å². The molecule has 1 aromatic carbocycles. The van der Waals surface area contributed by atoms with Gasteiger partial charge in [0.2, 0.25) is 0 Å². The number of aryl methyl sites for hydroxylation is 1. The molecule has 1 fully saturated rings. The summed E-state index contributed by atoms with van der Waals surface area (Å²) in [6, 6.07) is 12.2. The topological polar surface area (TPSA) is 48.7 Å². The number of aromatic nitrogens is 1. The number of hydrogen-bond acceptors (Lipinski definition) is 3. The molecule has 0 radical (unpaired) electrons. The van der Waals surface area contributed by atoms with Crippen LogP contribution in [0.5, 0.6) is 0 Å². The van der Waals surface area contributed by atoms with E-state index in [1.165, 1.54) is 11.1 Å². The van der Waals surface area contributed by atoms with Crippen molar-refractivity contribution in [3.63, 3.8) is 0 Å². The number of rotatable bonds is 3. The molecule has 25 heavy (non-hydrogen) atoms. The molecule has 5 heteroatoms. The van der Waals surface area contributed by atoms with Crippen molar-refractivity contribution in [3.8, 4) is 0 Å². The van der Waals surface area contributed by atoms with E-state index in [1.54, 1.807) is 4.90 Å². The minimum Gasteiger partial charge on any atom is -0.387 e. The minimum absolute atomic E-state index is 0.00687. The average molecular weight is 339 g/mol. The molecule has 5 nitrogen and oxygen atoms in total. The van der Waals surface area contributed by atoms with Crippen LogP contribution in [0, 0.1) is 0 Å². The predicted molar refractivity (Wildman–Crippen MR) is 96.3 cm³/mol. The second-order valence-corrected chi connectivity index (χ2v) is 7.43. The molecule has 3 heterocycles. The maximum atomic E-state index is 12.7. The molecule has 1 atom stereocenters. The fourth-order valence-corrected chi connectivity index (χ4v) is 4.11. The maximum absolute atomic E-state index is 12.7. The molecule has 1 aromatic heterocycles. The summed E-state index contributed by atoms with van der Waals surface area (Å²) in [5, 5.41) is 11.0. The zero-order valence-corrected chi connectivity index (χ0v) is 14.7. The molecular formula is C20H25N3O2. The van der Waals surface area contributed by atoms with Crippen LogP contribution < -0.4 is 0 Å². The highest BCUT2D eigenvalue weighted by Gasteiger charge is 2.40. The number of amides is 1. The number of aliphatic hydroxyl groups is 1. The highest BCUT2D eigenvalue weighted by Crippen LogP contribution is 2.27. The lowest BCUT2D eigenvalue weighted by Crippen LogP contribution is -2.47. The first-order chi connectivity index (χ1) is 12.0. The van der Waals surface area contributed by atoms with Crippen molar-refractivity contribution < 1.29 is 9.90 Å². The molecule has 1 saturated heterocycles. The molecule has 0 unspecified atom stereocenters. The Hall–Kier alpha value is -2.11. The average Bonchev–Trinajstić information content (AvgIpc) is 3.20. The molecule has 0 aliphatic carbocycles. The maximum Gasteiger partial charge on any atom is 0.270 e. The van der Waals surface area contributed by atoms with Crippen LogP contribution in [-0.4, -0.2) is 57.2 Å². The van der Waals surface area contributed by atoms with Gasteiger partial charge in [0, 0.05) is 39.4 Å². The zero-order valence-electron chi connectivity index (χ0n) is 14.7. The first kappa shape index (κ1) is 16.4. The zero-order chi connectivity index (χ0) is 17.4. The van der Waals surface area contributed by atoms with Gasteiger partial charge in [-0.05, 0) is 36.1 Å². The first-order valence-corrected chi connectivity index (χ1v) is 8.96. The second-order valence-electron chi connectivity index (χ2n) is 7.43. The summed E-state index contributed by atoms with van der Waals surface area (Å²) in [6.07, 6.45) is 3.54. The van der Waals surface area contributed by atoms with Crippen LogP contribution in [0.3, 0.4) is 0 Å². The van der Waals surface area contributed by atoms with E-state index in [0.717, 1.165) is 19.5 Å². The number of nitrogens with zero attached hydrogens (tertiary/aromatic N) is 3. The third kappa shape index (κ3) is 3.22. The number of likely N-dealkylation sites (tertiary alicyclic amines) is 1. The lowest BCUT2D eigenvalue weighted by molar-refractivity contribution is 0.00795. The number of benzene rings is 1. The van der Waals surface area contributed by atoms with Crippen LogP contribution in [0.1, 0.15) is 28.0 Å². The van der Waals surface area contributed by atoms with Crippen LogP contribution in [0.4, 0.5) is 0 Å². The van der Waals surface area contributed by atoms with Crippen LogP contribution >= 0.6 is 0 Å². The quantitative estimate of drug-likeness (QED) is 0.925. The molecule has 2 aromatic rings. The second kappa shape index (κ2) is 6.32. The third-order valence-electron chi connectivity index (χ3n) is 5.51. The van der Waals surface area contributed by atoms with Crippen LogP contribution in [0.15, 0.2) is 42.6 Å². The fourth-order valence-electron chi connectivity index (χ4n) is 4.11. The summed E-state index contributed by atoms with van der Waals surface area (Å²) in [7, 11) is 1.88. The van der Waals surface area contributed by atoms with Gasteiger partial charge >= 0.3 is 0 Å². The number of β-amino-alcohol motifs (C(OH)–C–C–N with tert-alkyl or cyclic N) is 1. The van der Waals surface area contributed by atoms with Crippen molar-refractivity contribution >= 4 is 5.91 Å². The van der Waals surface area contributed by atoms with Gasteiger partial charge in [0.1, 0.15) is 5.69 Å². The van der Waals surface area contributed by atoms with E-state index < -0.39 is 5.60 Å². The summed E-state index contributed by atoms with van der Waals surface area (Å²) in [5.74, 6) is 0.00687. The number of fused-ring (bicyclic) bond motifs is 1.